The van der Waals surface area contributed by atoms with E-state index in [1.54, 1.807) is 25.1 Å². The topological polar surface area (TPSA) is 55.4 Å². The van der Waals surface area contributed by atoms with Crippen LogP contribution in [-0.2, 0) is 9.53 Å². The maximum atomic E-state index is 11.7. The summed E-state index contributed by atoms with van der Waals surface area (Å²) < 4.78 is 4.42. The average Bonchev–Trinajstić information content (AvgIpc) is 2.36. The van der Waals surface area contributed by atoms with E-state index in [9.17, 15) is 9.59 Å². The summed E-state index contributed by atoms with van der Waals surface area (Å²) in [7, 11) is 1.27. The van der Waals surface area contributed by atoms with E-state index in [4.69, 9.17) is 0 Å². The van der Waals surface area contributed by atoms with Crippen molar-refractivity contribution in [1.29, 1.82) is 0 Å². The van der Waals surface area contributed by atoms with E-state index in [0.29, 0.717) is 5.56 Å². The van der Waals surface area contributed by atoms with E-state index in [-0.39, 0.29) is 12.5 Å². The van der Waals surface area contributed by atoms with Gasteiger partial charge in [-0.15, -0.1) is 5.92 Å². The minimum Gasteiger partial charge on any atom is -0.468 e. The highest BCUT2D eigenvalue weighted by Gasteiger charge is 2.07. The standard InChI is InChI=1S/C13H13NO3/c1-3-5-10-6-4-7-11(8-10)13(16)14-9-12(15)17-2/h4,6-8H,9H2,1-2H3,(H,14,16). The summed E-state index contributed by atoms with van der Waals surface area (Å²) in [4.78, 5) is 22.5. The van der Waals surface area contributed by atoms with Gasteiger partial charge < -0.3 is 10.1 Å². The number of rotatable bonds is 3. The Hall–Kier alpha value is -2.28. The van der Waals surface area contributed by atoms with Crippen molar-refractivity contribution in [3.8, 4) is 11.8 Å². The molecule has 1 aromatic carbocycles. The third-order valence-electron chi connectivity index (χ3n) is 2.02. The SMILES string of the molecule is CC#Cc1cccc(C(=O)NCC(=O)OC)c1. The van der Waals surface area contributed by atoms with Crippen molar-refractivity contribution in [2.24, 2.45) is 0 Å². The van der Waals surface area contributed by atoms with Gasteiger partial charge in [0, 0.05) is 11.1 Å². The van der Waals surface area contributed by atoms with Gasteiger partial charge >= 0.3 is 5.97 Å². The van der Waals surface area contributed by atoms with E-state index in [1.165, 1.54) is 7.11 Å². The highest BCUT2D eigenvalue weighted by Crippen LogP contribution is 2.03. The molecule has 0 aliphatic rings. The van der Waals surface area contributed by atoms with Gasteiger partial charge in [0.25, 0.3) is 5.91 Å². The van der Waals surface area contributed by atoms with Crippen LogP contribution in [0.5, 0.6) is 0 Å². The maximum absolute atomic E-state index is 11.7. The van der Waals surface area contributed by atoms with Crippen LogP contribution in [0.2, 0.25) is 0 Å². The molecule has 1 amide bonds. The van der Waals surface area contributed by atoms with Crippen LogP contribution in [0.25, 0.3) is 0 Å². The first kappa shape index (κ1) is 12.8. The van der Waals surface area contributed by atoms with Crippen molar-refractivity contribution in [2.75, 3.05) is 13.7 Å². The molecule has 88 valence electrons. The molecule has 0 fully saturated rings. The lowest BCUT2D eigenvalue weighted by atomic mass is 10.1. The van der Waals surface area contributed by atoms with Gasteiger partial charge in [-0.2, -0.15) is 0 Å². The highest BCUT2D eigenvalue weighted by molar-refractivity contribution is 5.96. The van der Waals surface area contributed by atoms with E-state index in [0.717, 1.165) is 5.56 Å². The van der Waals surface area contributed by atoms with Gasteiger partial charge in [0.15, 0.2) is 0 Å². The molecule has 4 heteroatoms. The zero-order chi connectivity index (χ0) is 12.7. The number of esters is 1. The second-order valence-corrected chi connectivity index (χ2v) is 3.21. The highest BCUT2D eigenvalue weighted by atomic mass is 16.5. The summed E-state index contributed by atoms with van der Waals surface area (Å²) in [6.07, 6.45) is 0. The lowest BCUT2D eigenvalue weighted by molar-refractivity contribution is -0.139. The minimum absolute atomic E-state index is 0.140. The number of hydrogen-bond acceptors (Lipinski definition) is 3. The molecular formula is C13H13NO3. The van der Waals surface area contributed by atoms with Gasteiger partial charge in [-0.1, -0.05) is 12.0 Å². The van der Waals surface area contributed by atoms with E-state index in [2.05, 4.69) is 21.9 Å². The van der Waals surface area contributed by atoms with Crippen LogP contribution in [-0.4, -0.2) is 25.5 Å². The van der Waals surface area contributed by atoms with Crippen molar-refractivity contribution in [1.82, 2.24) is 5.32 Å². The Kier molecular flexibility index (Phi) is 4.77. The van der Waals surface area contributed by atoms with Gasteiger partial charge in [0.05, 0.1) is 7.11 Å². The third kappa shape index (κ3) is 3.99. The van der Waals surface area contributed by atoms with E-state index in [1.807, 2.05) is 6.07 Å². The van der Waals surface area contributed by atoms with Gasteiger partial charge in [0.1, 0.15) is 6.54 Å². The summed E-state index contributed by atoms with van der Waals surface area (Å²) in [5.74, 6) is 4.80. The van der Waals surface area contributed by atoms with Crippen LogP contribution < -0.4 is 5.32 Å². The first-order valence-electron chi connectivity index (χ1n) is 5.05. The molecule has 0 aliphatic carbocycles. The number of carbonyl (C=O) groups excluding carboxylic acids is 2. The molecule has 0 heterocycles. The number of ether oxygens (including phenoxy) is 1. The van der Waals surface area contributed by atoms with Crippen LogP contribution in [0.1, 0.15) is 22.8 Å². The molecule has 0 spiro atoms. The number of carbonyl (C=O) groups is 2. The average molecular weight is 231 g/mol. The summed E-state index contributed by atoms with van der Waals surface area (Å²) in [5, 5.41) is 2.46. The van der Waals surface area contributed by atoms with Crippen LogP contribution >= 0.6 is 0 Å². The minimum atomic E-state index is -0.483. The zero-order valence-corrected chi connectivity index (χ0v) is 9.74. The second kappa shape index (κ2) is 6.33. The molecule has 0 saturated heterocycles. The Morgan fingerprint density at radius 1 is 1.41 bits per heavy atom. The summed E-state index contributed by atoms with van der Waals surface area (Å²) in [6, 6.07) is 6.89. The lowest BCUT2D eigenvalue weighted by Crippen LogP contribution is -2.30. The lowest BCUT2D eigenvalue weighted by Gasteiger charge is -2.04. The van der Waals surface area contributed by atoms with Crippen molar-refractivity contribution in [3.05, 3.63) is 35.4 Å². The molecule has 1 rings (SSSR count). The molecule has 1 aromatic rings. The molecule has 0 aromatic heterocycles. The number of benzene rings is 1. The molecular weight excluding hydrogens is 218 g/mol. The number of methoxy groups -OCH3 is 1. The molecule has 0 unspecified atom stereocenters. The summed E-state index contributed by atoms with van der Waals surface area (Å²) in [5.41, 5.74) is 1.23. The van der Waals surface area contributed by atoms with E-state index < -0.39 is 5.97 Å². The second-order valence-electron chi connectivity index (χ2n) is 3.21. The third-order valence-corrected chi connectivity index (χ3v) is 2.02. The normalized spacial score (nSPS) is 8.82. The van der Waals surface area contributed by atoms with Crippen LogP contribution in [0.3, 0.4) is 0 Å². The largest absolute Gasteiger partial charge is 0.468 e. The Morgan fingerprint density at radius 2 is 2.18 bits per heavy atom. The van der Waals surface area contributed by atoms with Gasteiger partial charge in [-0.3, -0.25) is 9.59 Å². The molecule has 0 radical (unpaired) electrons. The fourth-order valence-electron chi connectivity index (χ4n) is 1.21. The Labute approximate surface area is 100.0 Å². The zero-order valence-electron chi connectivity index (χ0n) is 9.74. The Morgan fingerprint density at radius 3 is 2.82 bits per heavy atom. The number of nitrogens with one attached hydrogen (secondary N) is 1. The molecule has 0 bridgehead atoms. The number of amides is 1. The van der Waals surface area contributed by atoms with Crippen molar-refractivity contribution in [3.63, 3.8) is 0 Å². The van der Waals surface area contributed by atoms with Crippen LogP contribution in [0.4, 0.5) is 0 Å². The predicted molar refractivity (Wildman–Crippen MR) is 63.3 cm³/mol. The predicted octanol–water partition coefficient (Wildman–Crippen LogP) is 0.961. The van der Waals surface area contributed by atoms with Crippen molar-refractivity contribution < 1.29 is 14.3 Å². The van der Waals surface area contributed by atoms with Crippen LogP contribution in [0.15, 0.2) is 24.3 Å². The van der Waals surface area contributed by atoms with Gasteiger partial charge in [-0.25, -0.2) is 0 Å². The van der Waals surface area contributed by atoms with E-state index >= 15 is 0 Å². The molecule has 4 nitrogen and oxygen atoms in total. The summed E-state index contributed by atoms with van der Waals surface area (Å²) >= 11 is 0. The quantitative estimate of drug-likeness (QED) is 0.622. The van der Waals surface area contributed by atoms with Gasteiger partial charge in [-0.05, 0) is 25.1 Å². The first-order valence-corrected chi connectivity index (χ1v) is 5.05. The fraction of sp³-hybridized carbons (Fsp3) is 0.231. The molecule has 1 N–H and O–H groups in total. The van der Waals surface area contributed by atoms with Crippen molar-refractivity contribution >= 4 is 11.9 Å². The van der Waals surface area contributed by atoms with Crippen LogP contribution in [0, 0.1) is 11.8 Å². The monoisotopic (exact) mass is 231 g/mol. The molecule has 0 saturated carbocycles. The number of hydrogen-bond donors (Lipinski definition) is 1. The Bertz CT molecular complexity index is 483. The molecule has 17 heavy (non-hydrogen) atoms. The van der Waals surface area contributed by atoms with Gasteiger partial charge in [0.2, 0.25) is 0 Å². The molecule has 0 atom stereocenters. The van der Waals surface area contributed by atoms with Crippen molar-refractivity contribution in [2.45, 2.75) is 6.92 Å². The fourth-order valence-corrected chi connectivity index (χ4v) is 1.21. The summed E-state index contributed by atoms with van der Waals surface area (Å²) in [6.45, 7) is 1.59. The Balaban J connectivity index is 2.71. The smallest absolute Gasteiger partial charge is 0.325 e. The molecule has 0 aliphatic heterocycles. The first-order chi connectivity index (χ1) is 8.17. The maximum Gasteiger partial charge on any atom is 0.325 e.